The van der Waals surface area contributed by atoms with Crippen LogP contribution in [0.25, 0.3) is 0 Å². The first-order valence-electron chi connectivity index (χ1n) is 6.26. The van der Waals surface area contributed by atoms with Crippen molar-refractivity contribution >= 4 is 28.3 Å². The van der Waals surface area contributed by atoms with Gasteiger partial charge in [0.15, 0.2) is 0 Å². The van der Waals surface area contributed by atoms with E-state index in [4.69, 9.17) is 0 Å². The fraction of sp³-hybridized carbons (Fsp3) is 0.538. The summed E-state index contributed by atoms with van der Waals surface area (Å²) in [5, 5.41) is 3.19. The number of benzene rings is 1. The summed E-state index contributed by atoms with van der Waals surface area (Å²) >= 11 is 3.33. The van der Waals surface area contributed by atoms with E-state index in [2.05, 4.69) is 21.2 Å². The quantitative estimate of drug-likeness (QED) is 0.867. The van der Waals surface area contributed by atoms with E-state index in [0.29, 0.717) is 23.1 Å². The van der Waals surface area contributed by atoms with Crippen LogP contribution in [-0.2, 0) is 0 Å². The van der Waals surface area contributed by atoms with Gasteiger partial charge in [-0.2, -0.15) is 0 Å². The molecule has 1 aromatic rings. The molecule has 7 heteroatoms. The Morgan fingerprint density at radius 1 is 1.25 bits per heavy atom. The van der Waals surface area contributed by atoms with Crippen molar-refractivity contribution in [1.82, 2.24) is 10.2 Å². The van der Waals surface area contributed by atoms with Crippen molar-refractivity contribution in [2.75, 3.05) is 26.2 Å². The number of alkyl halides is 2. The van der Waals surface area contributed by atoms with Crippen molar-refractivity contribution in [3.63, 3.8) is 0 Å². The van der Waals surface area contributed by atoms with Crippen LogP contribution in [0.4, 0.5) is 13.2 Å². The van der Waals surface area contributed by atoms with Crippen LogP contribution in [0.2, 0.25) is 0 Å². The maximum absolute atomic E-state index is 13.4. The van der Waals surface area contributed by atoms with Gasteiger partial charge in [0.2, 0.25) is 6.43 Å². The summed E-state index contributed by atoms with van der Waals surface area (Å²) in [4.78, 5) is 1.99. The normalized spacial score (nSPS) is 17.9. The minimum atomic E-state index is -2.41. The van der Waals surface area contributed by atoms with E-state index in [1.54, 1.807) is 6.07 Å². The average Bonchev–Trinajstić information content (AvgIpc) is 2.40. The summed E-state index contributed by atoms with van der Waals surface area (Å²) in [6, 6.07) is 3.79. The monoisotopic (exact) mass is 372 g/mol. The number of hydrogen-bond donors (Lipinski definition) is 1. The molecule has 1 saturated heterocycles. The Kier molecular flexibility index (Phi) is 7.29. The number of piperazine rings is 1. The van der Waals surface area contributed by atoms with Gasteiger partial charge in [-0.05, 0) is 23.8 Å². The summed E-state index contributed by atoms with van der Waals surface area (Å²) in [6.07, 6.45) is -2.68. The molecule has 1 heterocycles. The molecule has 1 fully saturated rings. The molecule has 1 N–H and O–H groups in total. The van der Waals surface area contributed by atoms with Crippen molar-refractivity contribution in [2.45, 2.75) is 18.9 Å². The highest BCUT2D eigenvalue weighted by molar-refractivity contribution is 9.10. The number of halogens is 5. The first kappa shape index (κ1) is 17.8. The molecule has 0 radical (unpaired) electrons. The largest absolute Gasteiger partial charge is 0.314 e. The molecule has 0 aromatic heterocycles. The highest BCUT2D eigenvalue weighted by Gasteiger charge is 2.27. The van der Waals surface area contributed by atoms with E-state index in [1.165, 1.54) is 12.1 Å². The van der Waals surface area contributed by atoms with Crippen molar-refractivity contribution in [2.24, 2.45) is 0 Å². The standard InChI is InChI=1S/C13H16BrF3N2.ClH/c14-11-2-1-9(15)7-10(11)12(8-13(16)17)19-5-3-18-4-6-19;/h1-2,7,12-13,18H,3-6,8H2;1H/t12-;/m1./s1. The Morgan fingerprint density at radius 2 is 1.90 bits per heavy atom. The molecule has 0 bridgehead atoms. The predicted molar refractivity (Wildman–Crippen MR) is 79.2 cm³/mol. The summed E-state index contributed by atoms with van der Waals surface area (Å²) in [6.45, 7) is 2.93. The zero-order valence-electron chi connectivity index (χ0n) is 10.8. The molecule has 0 unspecified atom stereocenters. The fourth-order valence-electron chi connectivity index (χ4n) is 2.41. The summed E-state index contributed by atoms with van der Waals surface area (Å²) in [7, 11) is 0. The van der Waals surface area contributed by atoms with Crippen LogP contribution < -0.4 is 5.32 Å². The van der Waals surface area contributed by atoms with Crippen LogP contribution in [0.5, 0.6) is 0 Å². The molecule has 0 spiro atoms. The van der Waals surface area contributed by atoms with Crippen LogP contribution >= 0.6 is 28.3 Å². The lowest BCUT2D eigenvalue weighted by atomic mass is 10.0. The van der Waals surface area contributed by atoms with Crippen LogP contribution in [0, 0.1) is 5.82 Å². The first-order valence-corrected chi connectivity index (χ1v) is 7.05. The number of hydrogen-bond acceptors (Lipinski definition) is 2. The Morgan fingerprint density at radius 3 is 2.50 bits per heavy atom. The van der Waals surface area contributed by atoms with Gasteiger partial charge in [0.25, 0.3) is 0 Å². The lowest BCUT2D eigenvalue weighted by Gasteiger charge is -2.35. The Labute approximate surface area is 131 Å². The highest BCUT2D eigenvalue weighted by atomic mass is 79.9. The molecule has 1 aliphatic rings. The molecule has 2 nitrogen and oxygen atoms in total. The van der Waals surface area contributed by atoms with Crippen LogP contribution in [0.1, 0.15) is 18.0 Å². The van der Waals surface area contributed by atoms with Crippen molar-refractivity contribution in [3.05, 3.63) is 34.1 Å². The zero-order chi connectivity index (χ0) is 13.8. The smallest absolute Gasteiger partial charge is 0.240 e. The third kappa shape index (κ3) is 4.62. The van der Waals surface area contributed by atoms with Crippen LogP contribution in [0.15, 0.2) is 22.7 Å². The Bertz CT molecular complexity index is 428. The molecular formula is C13H17BrClF3N2. The molecule has 0 aliphatic carbocycles. The molecule has 2 rings (SSSR count). The fourth-order valence-corrected chi connectivity index (χ4v) is 2.92. The third-order valence-electron chi connectivity index (χ3n) is 3.31. The van der Waals surface area contributed by atoms with Gasteiger partial charge in [-0.15, -0.1) is 12.4 Å². The first-order chi connectivity index (χ1) is 9.08. The van der Waals surface area contributed by atoms with Gasteiger partial charge in [0.05, 0.1) is 0 Å². The molecule has 0 saturated carbocycles. The number of nitrogens with one attached hydrogen (secondary N) is 1. The summed E-state index contributed by atoms with van der Waals surface area (Å²) in [5.41, 5.74) is 0.599. The molecule has 20 heavy (non-hydrogen) atoms. The Balaban J connectivity index is 0.00000200. The number of nitrogens with zero attached hydrogens (tertiary/aromatic N) is 1. The third-order valence-corrected chi connectivity index (χ3v) is 4.03. The molecule has 114 valence electrons. The van der Waals surface area contributed by atoms with E-state index < -0.39 is 18.3 Å². The number of rotatable bonds is 4. The lowest BCUT2D eigenvalue weighted by Crippen LogP contribution is -2.45. The van der Waals surface area contributed by atoms with Crippen molar-refractivity contribution in [3.8, 4) is 0 Å². The minimum Gasteiger partial charge on any atom is -0.314 e. The zero-order valence-corrected chi connectivity index (χ0v) is 13.2. The molecular weight excluding hydrogens is 357 g/mol. The maximum atomic E-state index is 13.4. The summed E-state index contributed by atoms with van der Waals surface area (Å²) < 4.78 is 39.7. The van der Waals surface area contributed by atoms with Crippen LogP contribution in [0.3, 0.4) is 0 Å². The second-order valence-corrected chi connectivity index (χ2v) is 5.45. The minimum absolute atomic E-state index is 0. The van der Waals surface area contributed by atoms with Gasteiger partial charge in [-0.25, -0.2) is 13.2 Å². The van der Waals surface area contributed by atoms with E-state index in [-0.39, 0.29) is 18.8 Å². The summed E-state index contributed by atoms with van der Waals surface area (Å²) in [5.74, 6) is -0.396. The van der Waals surface area contributed by atoms with E-state index in [9.17, 15) is 13.2 Å². The van der Waals surface area contributed by atoms with E-state index in [1.807, 2.05) is 4.90 Å². The predicted octanol–water partition coefficient (Wildman–Crippen LogP) is 3.61. The van der Waals surface area contributed by atoms with Gasteiger partial charge in [-0.1, -0.05) is 15.9 Å². The molecule has 1 atom stereocenters. The van der Waals surface area contributed by atoms with Crippen LogP contribution in [-0.4, -0.2) is 37.5 Å². The van der Waals surface area contributed by atoms with Gasteiger partial charge in [0, 0.05) is 43.1 Å². The second-order valence-electron chi connectivity index (χ2n) is 4.59. The lowest BCUT2D eigenvalue weighted by molar-refractivity contribution is 0.0735. The van der Waals surface area contributed by atoms with Crippen molar-refractivity contribution in [1.29, 1.82) is 0 Å². The highest BCUT2D eigenvalue weighted by Crippen LogP contribution is 2.33. The topological polar surface area (TPSA) is 15.3 Å². The average molecular weight is 374 g/mol. The van der Waals surface area contributed by atoms with Gasteiger partial charge >= 0.3 is 0 Å². The molecule has 1 aliphatic heterocycles. The van der Waals surface area contributed by atoms with Gasteiger partial charge < -0.3 is 5.32 Å². The van der Waals surface area contributed by atoms with Gasteiger partial charge in [-0.3, -0.25) is 4.90 Å². The van der Waals surface area contributed by atoms with E-state index >= 15 is 0 Å². The van der Waals surface area contributed by atoms with Gasteiger partial charge in [0.1, 0.15) is 5.82 Å². The Hall–Kier alpha value is -0.300. The SMILES string of the molecule is Cl.Fc1ccc(Br)c([C@@H](CC(F)F)N2CCNCC2)c1. The van der Waals surface area contributed by atoms with Crippen molar-refractivity contribution < 1.29 is 13.2 Å². The molecule has 1 aromatic carbocycles. The maximum Gasteiger partial charge on any atom is 0.240 e. The molecule has 0 amide bonds. The second kappa shape index (κ2) is 8.22. The van der Waals surface area contributed by atoms with E-state index in [0.717, 1.165) is 13.1 Å².